The zero-order chi connectivity index (χ0) is 13.9. The van der Waals surface area contributed by atoms with Crippen molar-refractivity contribution in [3.63, 3.8) is 0 Å². The molecule has 1 aliphatic heterocycles. The van der Waals surface area contributed by atoms with Crippen LogP contribution in [0, 0.1) is 0 Å². The van der Waals surface area contributed by atoms with Crippen molar-refractivity contribution in [1.82, 2.24) is 9.97 Å². The summed E-state index contributed by atoms with van der Waals surface area (Å²) in [6, 6.07) is 7.22. The maximum absolute atomic E-state index is 5.74. The van der Waals surface area contributed by atoms with Crippen molar-refractivity contribution >= 4 is 17.3 Å². The molecule has 0 radical (unpaired) electrons. The van der Waals surface area contributed by atoms with E-state index in [-0.39, 0.29) is 6.79 Å². The van der Waals surface area contributed by atoms with Gasteiger partial charge in [-0.3, -0.25) is 0 Å². The van der Waals surface area contributed by atoms with Crippen LogP contribution in [-0.2, 0) is 11.3 Å². The van der Waals surface area contributed by atoms with Crippen molar-refractivity contribution in [2.24, 2.45) is 0 Å². The summed E-state index contributed by atoms with van der Waals surface area (Å²) in [5.41, 5.74) is 6.57. The largest absolute Gasteiger partial charge is 0.454 e. The van der Waals surface area contributed by atoms with Crippen molar-refractivity contribution in [3.05, 3.63) is 30.1 Å². The first-order valence-electron chi connectivity index (χ1n) is 6.03. The van der Waals surface area contributed by atoms with E-state index in [1.54, 1.807) is 13.2 Å². The smallest absolute Gasteiger partial charge is 0.231 e. The Hall–Kier alpha value is -2.54. The summed E-state index contributed by atoms with van der Waals surface area (Å²) >= 11 is 0. The fraction of sp³-hybridized carbons (Fsp3) is 0.231. The Morgan fingerprint density at radius 1 is 1.25 bits per heavy atom. The summed E-state index contributed by atoms with van der Waals surface area (Å²) in [6.45, 7) is 0.554. The third-order valence-corrected chi connectivity index (χ3v) is 2.71. The van der Waals surface area contributed by atoms with Crippen LogP contribution in [0.1, 0.15) is 5.82 Å². The molecule has 0 atom stereocenters. The Bertz CT molecular complexity index is 633. The quantitative estimate of drug-likeness (QED) is 0.876. The van der Waals surface area contributed by atoms with Crippen LogP contribution in [0.3, 0.4) is 0 Å². The van der Waals surface area contributed by atoms with Gasteiger partial charge in [0.2, 0.25) is 6.79 Å². The standard InChI is InChI=1S/C13H14N4O3/c1-18-6-13-16-11(14)5-12(17-13)15-8-2-3-9-10(4-8)20-7-19-9/h2-5H,6-7H2,1H3,(H3,14,15,16,17). The molecular formula is C13H14N4O3. The maximum Gasteiger partial charge on any atom is 0.231 e. The summed E-state index contributed by atoms with van der Waals surface area (Å²) in [5, 5.41) is 3.15. The number of rotatable bonds is 4. The number of nitrogens with zero attached hydrogens (tertiary/aromatic N) is 2. The van der Waals surface area contributed by atoms with Crippen LogP contribution in [0.5, 0.6) is 11.5 Å². The predicted molar refractivity (Wildman–Crippen MR) is 73.0 cm³/mol. The molecule has 3 rings (SSSR count). The highest BCUT2D eigenvalue weighted by Crippen LogP contribution is 2.34. The number of fused-ring (bicyclic) bond motifs is 1. The maximum atomic E-state index is 5.74. The molecule has 2 aromatic rings. The lowest BCUT2D eigenvalue weighted by molar-refractivity contribution is 0.174. The summed E-state index contributed by atoms with van der Waals surface area (Å²) in [4.78, 5) is 8.39. The topological polar surface area (TPSA) is 91.5 Å². The van der Waals surface area contributed by atoms with E-state index < -0.39 is 0 Å². The van der Waals surface area contributed by atoms with E-state index in [2.05, 4.69) is 15.3 Å². The predicted octanol–water partition coefficient (Wildman–Crippen LogP) is 1.68. The second-order valence-electron chi connectivity index (χ2n) is 4.22. The zero-order valence-electron chi connectivity index (χ0n) is 10.9. The van der Waals surface area contributed by atoms with Gasteiger partial charge in [-0.25, -0.2) is 9.97 Å². The van der Waals surface area contributed by atoms with Crippen LogP contribution in [0.2, 0.25) is 0 Å². The summed E-state index contributed by atoms with van der Waals surface area (Å²) in [5.74, 6) is 2.95. The van der Waals surface area contributed by atoms with Gasteiger partial charge in [-0.05, 0) is 12.1 Å². The van der Waals surface area contributed by atoms with Gasteiger partial charge in [0.15, 0.2) is 17.3 Å². The van der Waals surface area contributed by atoms with Crippen molar-refractivity contribution in [2.45, 2.75) is 6.61 Å². The van der Waals surface area contributed by atoms with Gasteiger partial charge in [-0.15, -0.1) is 0 Å². The number of nitrogens with one attached hydrogen (secondary N) is 1. The number of hydrogen-bond donors (Lipinski definition) is 2. The molecule has 0 amide bonds. The number of hydrogen-bond acceptors (Lipinski definition) is 7. The second-order valence-corrected chi connectivity index (χ2v) is 4.22. The molecule has 7 heteroatoms. The molecule has 0 unspecified atom stereocenters. The van der Waals surface area contributed by atoms with Gasteiger partial charge in [-0.2, -0.15) is 0 Å². The summed E-state index contributed by atoms with van der Waals surface area (Å²) in [6.07, 6.45) is 0. The number of methoxy groups -OCH3 is 1. The molecule has 1 aliphatic rings. The Balaban J connectivity index is 1.83. The highest BCUT2D eigenvalue weighted by atomic mass is 16.7. The Morgan fingerprint density at radius 2 is 2.10 bits per heavy atom. The average molecular weight is 274 g/mol. The SMILES string of the molecule is COCc1nc(N)cc(Nc2ccc3c(c2)OCO3)n1. The van der Waals surface area contributed by atoms with Crippen molar-refractivity contribution in [3.8, 4) is 11.5 Å². The number of ether oxygens (including phenoxy) is 3. The van der Waals surface area contributed by atoms with E-state index in [4.69, 9.17) is 19.9 Å². The number of aromatic nitrogens is 2. The number of anilines is 3. The van der Waals surface area contributed by atoms with E-state index in [1.807, 2.05) is 18.2 Å². The Morgan fingerprint density at radius 3 is 2.95 bits per heavy atom. The number of benzene rings is 1. The van der Waals surface area contributed by atoms with Gasteiger partial charge in [-0.1, -0.05) is 0 Å². The van der Waals surface area contributed by atoms with Gasteiger partial charge in [0, 0.05) is 24.9 Å². The molecule has 0 spiro atoms. The molecular weight excluding hydrogens is 260 g/mol. The van der Waals surface area contributed by atoms with Crippen molar-refractivity contribution in [2.75, 3.05) is 25.0 Å². The lowest BCUT2D eigenvalue weighted by Gasteiger charge is -2.08. The molecule has 20 heavy (non-hydrogen) atoms. The summed E-state index contributed by atoms with van der Waals surface area (Å²) in [7, 11) is 1.58. The van der Waals surface area contributed by atoms with Crippen LogP contribution in [0.15, 0.2) is 24.3 Å². The Labute approximate surface area is 115 Å². The molecule has 7 nitrogen and oxygen atoms in total. The lowest BCUT2D eigenvalue weighted by atomic mass is 10.3. The van der Waals surface area contributed by atoms with Gasteiger partial charge < -0.3 is 25.3 Å². The Kier molecular flexibility index (Phi) is 3.26. The first kappa shape index (κ1) is 12.5. The normalized spacial score (nSPS) is 12.4. The first-order chi connectivity index (χ1) is 9.74. The van der Waals surface area contributed by atoms with Gasteiger partial charge >= 0.3 is 0 Å². The van der Waals surface area contributed by atoms with Crippen LogP contribution >= 0.6 is 0 Å². The van der Waals surface area contributed by atoms with Crippen LogP contribution in [0.4, 0.5) is 17.3 Å². The molecule has 0 aliphatic carbocycles. The van der Waals surface area contributed by atoms with Crippen LogP contribution in [-0.4, -0.2) is 23.9 Å². The van der Waals surface area contributed by atoms with E-state index >= 15 is 0 Å². The molecule has 104 valence electrons. The van der Waals surface area contributed by atoms with E-state index in [0.717, 1.165) is 11.4 Å². The van der Waals surface area contributed by atoms with Gasteiger partial charge in [0.1, 0.15) is 18.2 Å². The van der Waals surface area contributed by atoms with Gasteiger partial charge in [0.25, 0.3) is 0 Å². The van der Waals surface area contributed by atoms with E-state index in [0.29, 0.717) is 29.8 Å². The highest BCUT2D eigenvalue weighted by molar-refractivity contribution is 5.63. The minimum absolute atomic E-state index is 0.247. The molecule has 2 heterocycles. The monoisotopic (exact) mass is 274 g/mol. The van der Waals surface area contributed by atoms with Crippen LogP contribution in [0.25, 0.3) is 0 Å². The molecule has 0 saturated carbocycles. The molecule has 0 bridgehead atoms. The van der Waals surface area contributed by atoms with Crippen LogP contribution < -0.4 is 20.5 Å². The molecule has 3 N–H and O–H groups in total. The zero-order valence-corrected chi connectivity index (χ0v) is 10.9. The average Bonchev–Trinajstić information content (AvgIpc) is 2.85. The molecule has 1 aromatic heterocycles. The third kappa shape index (κ3) is 2.57. The molecule has 0 saturated heterocycles. The van der Waals surface area contributed by atoms with E-state index in [1.165, 1.54) is 0 Å². The lowest BCUT2D eigenvalue weighted by Crippen LogP contribution is -2.04. The number of nitrogen functional groups attached to an aromatic ring is 1. The van der Waals surface area contributed by atoms with Crippen molar-refractivity contribution < 1.29 is 14.2 Å². The third-order valence-electron chi connectivity index (χ3n) is 2.71. The minimum Gasteiger partial charge on any atom is -0.454 e. The fourth-order valence-corrected chi connectivity index (χ4v) is 1.90. The first-order valence-corrected chi connectivity index (χ1v) is 6.03. The van der Waals surface area contributed by atoms with Gasteiger partial charge in [0.05, 0.1) is 0 Å². The molecule has 1 aromatic carbocycles. The second kappa shape index (κ2) is 5.22. The molecule has 0 fully saturated rings. The fourth-order valence-electron chi connectivity index (χ4n) is 1.90. The number of nitrogens with two attached hydrogens (primary N) is 1. The minimum atomic E-state index is 0.247. The highest BCUT2D eigenvalue weighted by Gasteiger charge is 2.13. The van der Waals surface area contributed by atoms with E-state index in [9.17, 15) is 0 Å². The summed E-state index contributed by atoms with van der Waals surface area (Å²) < 4.78 is 15.6. The van der Waals surface area contributed by atoms with Crippen molar-refractivity contribution in [1.29, 1.82) is 0 Å².